The lowest BCUT2D eigenvalue weighted by Crippen LogP contribution is -2.35. The molecule has 0 atom stereocenters. The van der Waals surface area contributed by atoms with Gasteiger partial charge in [-0.15, -0.1) is 0 Å². The van der Waals surface area contributed by atoms with Gasteiger partial charge in [-0.3, -0.25) is 9.59 Å². The zero-order valence-electron chi connectivity index (χ0n) is 21.4. The average Bonchev–Trinajstić information content (AvgIpc) is 2.99. The molecule has 0 spiro atoms. The van der Waals surface area contributed by atoms with Crippen molar-refractivity contribution in [1.82, 2.24) is 9.88 Å². The van der Waals surface area contributed by atoms with Gasteiger partial charge in [-0.25, -0.2) is 4.98 Å². The molecule has 36 heavy (non-hydrogen) atoms. The number of hydrogen-bond donors (Lipinski definition) is 0. The zero-order valence-corrected chi connectivity index (χ0v) is 21.4. The molecule has 7 heteroatoms. The van der Waals surface area contributed by atoms with E-state index in [0.29, 0.717) is 23.3 Å². The number of amides is 2. The van der Waals surface area contributed by atoms with Gasteiger partial charge in [0, 0.05) is 50.4 Å². The number of carbonyl (C=O) groups excluding carboxylic acids is 2. The first-order chi connectivity index (χ1) is 17.4. The van der Waals surface area contributed by atoms with Crippen molar-refractivity contribution in [2.45, 2.75) is 32.6 Å². The highest BCUT2D eigenvalue weighted by atomic mass is 16.5. The Morgan fingerprint density at radius 1 is 1.00 bits per heavy atom. The van der Waals surface area contributed by atoms with Crippen molar-refractivity contribution in [1.29, 1.82) is 0 Å². The number of fused-ring (bicyclic) bond motifs is 2. The Hall–Kier alpha value is -3.87. The van der Waals surface area contributed by atoms with Crippen molar-refractivity contribution in [3.63, 3.8) is 0 Å². The molecule has 3 aromatic rings. The first-order valence-corrected chi connectivity index (χ1v) is 12.5. The zero-order chi connectivity index (χ0) is 25.4. The van der Waals surface area contributed by atoms with Gasteiger partial charge in [0.2, 0.25) is 0 Å². The molecule has 0 radical (unpaired) electrons. The minimum absolute atomic E-state index is 0.0514. The van der Waals surface area contributed by atoms with Gasteiger partial charge in [0.1, 0.15) is 5.75 Å². The normalized spacial score (nSPS) is 15.3. The van der Waals surface area contributed by atoms with E-state index >= 15 is 0 Å². The van der Waals surface area contributed by atoms with Gasteiger partial charge in [-0.05, 0) is 62.1 Å². The minimum Gasteiger partial charge on any atom is -0.496 e. The Morgan fingerprint density at radius 3 is 2.50 bits per heavy atom. The number of aryl methyl sites for hydroxylation is 1. The Balaban J connectivity index is 1.49. The summed E-state index contributed by atoms with van der Waals surface area (Å²) in [6, 6.07) is 15.3. The van der Waals surface area contributed by atoms with E-state index in [1.807, 2.05) is 72.3 Å². The maximum absolute atomic E-state index is 13.2. The number of nitrogens with zero attached hydrogens (tertiary/aromatic N) is 4. The molecule has 2 aliphatic rings. The number of ether oxygens (including phenoxy) is 1. The summed E-state index contributed by atoms with van der Waals surface area (Å²) in [5.74, 6) is 1.43. The third-order valence-electron chi connectivity index (χ3n) is 7.22. The molecule has 0 saturated carbocycles. The largest absolute Gasteiger partial charge is 0.496 e. The number of aromatic nitrogens is 1. The molecule has 5 rings (SSSR count). The number of para-hydroxylation sites is 1. The summed E-state index contributed by atoms with van der Waals surface area (Å²) in [5, 5.41) is 0. The van der Waals surface area contributed by atoms with E-state index in [4.69, 9.17) is 9.72 Å². The number of benzene rings is 2. The molecule has 2 aliphatic heterocycles. The number of carbonyl (C=O) groups is 2. The monoisotopic (exact) mass is 484 g/mol. The van der Waals surface area contributed by atoms with E-state index in [1.165, 1.54) is 6.42 Å². The minimum atomic E-state index is -0.0514. The van der Waals surface area contributed by atoms with Crippen LogP contribution in [0, 0.1) is 6.92 Å². The second-order valence-corrected chi connectivity index (χ2v) is 9.60. The van der Waals surface area contributed by atoms with E-state index in [-0.39, 0.29) is 11.8 Å². The van der Waals surface area contributed by atoms with Crippen LogP contribution in [0.1, 0.15) is 56.8 Å². The lowest BCUT2D eigenvalue weighted by atomic mass is 10.0. The first-order valence-electron chi connectivity index (χ1n) is 12.5. The lowest BCUT2D eigenvalue weighted by molar-refractivity contribution is 0.0723. The van der Waals surface area contributed by atoms with Crippen molar-refractivity contribution < 1.29 is 14.3 Å². The molecule has 0 N–H and O–H groups in total. The van der Waals surface area contributed by atoms with Crippen LogP contribution in [0.2, 0.25) is 0 Å². The van der Waals surface area contributed by atoms with Gasteiger partial charge in [-0.1, -0.05) is 18.2 Å². The summed E-state index contributed by atoms with van der Waals surface area (Å²) in [5.41, 5.74) is 5.73. The number of hydrogen-bond acceptors (Lipinski definition) is 5. The van der Waals surface area contributed by atoms with E-state index < -0.39 is 0 Å². The van der Waals surface area contributed by atoms with E-state index in [9.17, 15) is 9.59 Å². The van der Waals surface area contributed by atoms with Crippen molar-refractivity contribution >= 4 is 29.0 Å². The molecule has 0 bridgehead atoms. The summed E-state index contributed by atoms with van der Waals surface area (Å²) in [6.07, 6.45) is 3.85. The second-order valence-electron chi connectivity index (χ2n) is 9.60. The smallest absolute Gasteiger partial charge is 0.260 e. The number of likely N-dealkylation sites (tertiary alicyclic amines) is 1. The Bertz CT molecular complexity index is 1330. The number of methoxy groups -OCH3 is 1. The summed E-state index contributed by atoms with van der Waals surface area (Å²) in [7, 11) is 5.38. The molecule has 186 valence electrons. The molecule has 7 nitrogen and oxygen atoms in total. The SMILES string of the molecule is COc1cc(C(=O)N2CCCCC2)ccc1Cc1cc(C)c2c(n1)N(C)c1ccccc1C(=O)N2C. The number of piperidine rings is 1. The molecule has 2 aromatic carbocycles. The van der Waals surface area contributed by atoms with Gasteiger partial charge in [0.15, 0.2) is 5.82 Å². The molecule has 1 aromatic heterocycles. The Kier molecular flexibility index (Phi) is 6.39. The fraction of sp³-hybridized carbons (Fsp3) is 0.345. The topological polar surface area (TPSA) is 66.0 Å². The predicted octanol–water partition coefficient (Wildman–Crippen LogP) is 4.97. The van der Waals surface area contributed by atoms with Crippen LogP contribution in [0.15, 0.2) is 48.5 Å². The van der Waals surface area contributed by atoms with Gasteiger partial charge in [-0.2, -0.15) is 0 Å². The summed E-state index contributed by atoms with van der Waals surface area (Å²) in [4.78, 5) is 36.8. The van der Waals surface area contributed by atoms with Crippen LogP contribution in [0.5, 0.6) is 5.75 Å². The molecule has 3 heterocycles. The third-order valence-corrected chi connectivity index (χ3v) is 7.22. The van der Waals surface area contributed by atoms with Crippen LogP contribution in [0.4, 0.5) is 17.2 Å². The molecule has 0 aliphatic carbocycles. The van der Waals surface area contributed by atoms with Crippen LogP contribution in [0.25, 0.3) is 0 Å². The maximum Gasteiger partial charge on any atom is 0.260 e. The van der Waals surface area contributed by atoms with E-state index in [0.717, 1.165) is 59.9 Å². The molecule has 1 fully saturated rings. The number of pyridine rings is 1. The first kappa shape index (κ1) is 23.9. The highest BCUT2D eigenvalue weighted by Crippen LogP contribution is 2.40. The quantitative estimate of drug-likeness (QED) is 0.523. The highest BCUT2D eigenvalue weighted by Gasteiger charge is 2.30. The van der Waals surface area contributed by atoms with Crippen LogP contribution < -0.4 is 14.5 Å². The molecular formula is C29H32N4O3. The Labute approximate surface area is 212 Å². The van der Waals surface area contributed by atoms with Gasteiger partial charge >= 0.3 is 0 Å². The molecule has 0 unspecified atom stereocenters. The van der Waals surface area contributed by atoms with Crippen molar-refractivity contribution in [3.8, 4) is 5.75 Å². The second kappa shape index (κ2) is 9.64. The van der Waals surface area contributed by atoms with Crippen LogP contribution in [-0.2, 0) is 6.42 Å². The number of rotatable bonds is 4. The van der Waals surface area contributed by atoms with Crippen molar-refractivity contribution in [2.24, 2.45) is 0 Å². The van der Waals surface area contributed by atoms with Crippen LogP contribution in [0.3, 0.4) is 0 Å². The van der Waals surface area contributed by atoms with Crippen molar-refractivity contribution in [3.05, 3.63) is 76.5 Å². The average molecular weight is 485 g/mol. The molecular weight excluding hydrogens is 452 g/mol. The fourth-order valence-electron chi connectivity index (χ4n) is 5.30. The highest BCUT2D eigenvalue weighted by molar-refractivity contribution is 6.13. The van der Waals surface area contributed by atoms with E-state index in [1.54, 1.807) is 19.1 Å². The van der Waals surface area contributed by atoms with Crippen molar-refractivity contribution in [2.75, 3.05) is 44.1 Å². The standard InChI is InChI=1S/C29H32N4O3/c1-19-16-22(30-27-26(19)32(3)29(35)23-10-6-7-11-24(23)31(27)2)17-20-12-13-21(18-25(20)36-4)28(34)33-14-8-5-9-15-33/h6-7,10-13,16,18H,5,8-9,14-15,17H2,1-4H3. The predicted molar refractivity (Wildman–Crippen MR) is 142 cm³/mol. The summed E-state index contributed by atoms with van der Waals surface area (Å²) < 4.78 is 5.70. The third kappa shape index (κ3) is 4.19. The van der Waals surface area contributed by atoms with Crippen LogP contribution in [-0.4, -0.2) is 56.0 Å². The Morgan fingerprint density at radius 2 is 1.75 bits per heavy atom. The van der Waals surface area contributed by atoms with Crippen LogP contribution >= 0.6 is 0 Å². The summed E-state index contributed by atoms with van der Waals surface area (Å²) >= 11 is 0. The maximum atomic E-state index is 13.2. The fourth-order valence-corrected chi connectivity index (χ4v) is 5.30. The summed E-state index contributed by atoms with van der Waals surface area (Å²) in [6.45, 7) is 3.64. The van der Waals surface area contributed by atoms with Gasteiger partial charge in [0.05, 0.1) is 24.0 Å². The van der Waals surface area contributed by atoms with E-state index in [2.05, 4.69) is 0 Å². The lowest BCUT2D eigenvalue weighted by Gasteiger charge is -2.27. The molecule has 2 amide bonds. The number of anilines is 3. The van der Waals surface area contributed by atoms with Gasteiger partial charge in [0.25, 0.3) is 11.8 Å². The molecule has 1 saturated heterocycles. The van der Waals surface area contributed by atoms with Gasteiger partial charge < -0.3 is 19.4 Å².